The summed E-state index contributed by atoms with van der Waals surface area (Å²) in [5.74, 6) is 1.03. The topological polar surface area (TPSA) is 99.7 Å². The van der Waals surface area contributed by atoms with Gasteiger partial charge in [-0.25, -0.2) is 8.42 Å². The molecule has 152 valence electrons. The molecule has 3 N–H and O–H groups in total. The molecule has 1 aromatic carbocycles. The molecule has 1 aliphatic rings. The van der Waals surface area contributed by atoms with E-state index in [0.717, 1.165) is 12.8 Å². The number of sulfone groups is 1. The molecule has 0 aromatic heterocycles. The van der Waals surface area contributed by atoms with Gasteiger partial charge in [0.05, 0.1) is 10.6 Å². The van der Waals surface area contributed by atoms with Crippen LogP contribution in [0.4, 0.5) is 0 Å². The van der Waals surface area contributed by atoms with E-state index in [-0.39, 0.29) is 41.6 Å². The number of nitrogens with zero attached hydrogens (tertiary/aromatic N) is 1. The second-order valence-corrected chi connectivity index (χ2v) is 8.35. The van der Waals surface area contributed by atoms with Crippen molar-refractivity contribution < 1.29 is 13.2 Å². The van der Waals surface area contributed by atoms with Gasteiger partial charge in [0.1, 0.15) is 0 Å². The molecule has 0 spiro atoms. The van der Waals surface area contributed by atoms with Crippen LogP contribution >= 0.6 is 24.0 Å². The van der Waals surface area contributed by atoms with Crippen molar-refractivity contribution in [2.75, 3.05) is 31.9 Å². The zero-order valence-corrected chi connectivity index (χ0v) is 18.8. The smallest absolute Gasteiger partial charge is 0.223 e. The lowest BCUT2D eigenvalue weighted by atomic mass is 10.4. The highest BCUT2D eigenvalue weighted by molar-refractivity contribution is 14.0. The summed E-state index contributed by atoms with van der Waals surface area (Å²) in [7, 11) is -3.26. The minimum Gasteiger partial charge on any atom is -0.357 e. The number of amides is 1. The second kappa shape index (κ2) is 12.2. The van der Waals surface area contributed by atoms with Crippen LogP contribution < -0.4 is 16.0 Å². The number of benzene rings is 1. The fourth-order valence-electron chi connectivity index (χ4n) is 2.39. The van der Waals surface area contributed by atoms with Crippen LogP contribution in [0.15, 0.2) is 40.2 Å². The molecule has 1 amide bonds. The number of carbonyl (C=O) groups excluding carboxylic acids is 1. The lowest BCUT2D eigenvalue weighted by molar-refractivity contribution is -0.122. The molecule has 2 rings (SSSR count). The van der Waals surface area contributed by atoms with Crippen LogP contribution in [0.1, 0.15) is 26.2 Å². The summed E-state index contributed by atoms with van der Waals surface area (Å²) in [4.78, 5) is 16.3. The Morgan fingerprint density at radius 2 is 1.78 bits per heavy atom. The van der Waals surface area contributed by atoms with E-state index in [0.29, 0.717) is 43.5 Å². The average molecular weight is 508 g/mol. The SMILES string of the molecule is CCNC(=NCCCS(=O)(=O)c1ccccc1)NCCNC(=O)C1CC1.I. The quantitative estimate of drug-likeness (QED) is 0.193. The third kappa shape index (κ3) is 8.91. The molecular weight excluding hydrogens is 479 g/mol. The highest BCUT2D eigenvalue weighted by atomic mass is 127. The standard InChI is InChI=1S/C18H28N4O3S.HI/c1-2-19-18(22-13-12-20-17(23)15-9-10-15)21-11-6-14-26(24,25)16-7-4-3-5-8-16;/h3-5,7-8,15H,2,6,9-14H2,1H3,(H,20,23)(H2,19,21,22);1H. The Balaban J connectivity index is 0.00000364. The van der Waals surface area contributed by atoms with Gasteiger partial charge < -0.3 is 16.0 Å². The molecule has 1 saturated carbocycles. The summed E-state index contributed by atoms with van der Waals surface area (Å²) in [5.41, 5.74) is 0. The molecule has 1 fully saturated rings. The molecule has 7 nitrogen and oxygen atoms in total. The number of nitrogens with one attached hydrogen (secondary N) is 3. The number of rotatable bonds is 10. The van der Waals surface area contributed by atoms with Crippen molar-refractivity contribution >= 4 is 45.7 Å². The third-order valence-electron chi connectivity index (χ3n) is 3.95. The first-order chi connectivity index (χ1) is 12.5. The van der Waals surface area contributed by atoms with E-state index in [1.54, 1.807) is 30.3 Å². The van der Waals surface area contributed by atoms with E-state index in [2.05, 4.69) is 20.9 Å². The number of guanidine groups is 1. The Bertz CT molecular complexity index is 707. The molecular formula is C18H29IN4O3S. The van der Waals surface area contributed by atoms with Crippen molar-refractivity contribution in [3.05, 3.63) is 30.3 Å². The van der Waals surface area contributed by atoms with Gasteiger partial charge in [-0.3, -0.25) is 9.79 Å². The molecule has 0 saturated heterocycles. The monoisotopic (exact) mass is 508 g/mol. The Labute approximate surface area is 178 Å². The largest absolute Gasteiger partial charge is 0.357 e. The third-order valence-corrected chi connectivity index (χ3v) is 5.77. The van der Waals surface area contributed by atoms with E-state index < -0.39 is 9.84 Å². The minimum atomic E-state index is -3.26. The Morgan fingerprint density at radius 3 is 2.41 bits per heavy atom. The van der Waals surface area contributed by atoms with E-state index in [4.69, 9.17) is 0 Å². The number of hydrogen-bond acceptors (Lipinski definition) is 4. The summed E-state index contributed by atoms with van der Waals surface area (Å²) < 4.78 is 24.4. The Kier molecular flexibility index (Phi) is 10.7. The maximum Gasteiger partial charge on any atom is 0.223 e. The minimum absolute atomic E-state index is 0. The van der Waals surface area contributed by atoms with Crippen LogP contribution in [0.5, 0.6) is 0 Å². The van der Waals surface area contributed by atoms with Gasteiger partial charge in [0, 0.05) is 32.1 Å². The average Bonchev–Trinajstić information content (AvgIpc) is 3.48. The fraction of sp³-hybridized carbons (Fsp3) is 0.556. The van der Waals surface area contributed by atoms with Crippen molar-refractivity contribution in [3.8, 4) is 0 Å². The van der Waals surface area contributed by atoms with E-state index in [9.17, 15) is 13.2 Å². The van der Waals surface area contributed by atoms with Crippen LogP contribution in [-0.4, -0.2) is 52.2 Å². The van der Waals surface area contributed by atoms with Gasteiger partial charge in [-0.2, -0.15) is 0 Å². The number of hydrogen-bond donors (Lipinski definition) is 3. The van der Waals surface area contributed by atoms with Crippen LogP contribution in [0.25, 0.3) is 0 Å². The van der Waals surface area contributed by atoms with Crippen molar-refractivity contribution in [1.29, 1.82) is 0 Å². The predicted octanol–water partition coefficient (Wildman–Crippen LogP) is 1.55. The molecule has 0 radical (unpaired) electrons. The number of aliphatic imine (C=N–C) groups is 1. The molecule has 0 atom stereocenters. The summed E-state index contributed by atoms with van der Waals surface area (Å²) in [6.45, 7) is 4.21. The Morgan fingerprint density at radius 1 is 1.11 bits per heavy atom. The first-order valence-electron chi connectivity index (χ1n) is 9.10. The highest BCUT2D eigenvalue weighted by Crippen LogP contribution is 2.28. The van der Waals surface area contributed by atoms with E-state index in [1.807, 2.05) is 6.92 Å². The highest BCUT2D eigenvalue weighted by Gasteiger charge is 2.28. The van der Waals surface area contributed by atoms with E-state index in [1.165, 1.54) is 0 Å². The zero-order valence-electron chi connectivity index (χ0n) is 15.6. The van der Waals surface area contributed by atoms with Crippen molar-refractivity contribution in [2.24, 2.45) is 10.9 Å². The maximum absolute atomic E-state index is 12.2. The molecule has 1 aromatic rings. The van der Waals surface area contributed by atoms with Gasteiger partial charge in [0.2, 0.25) is 5.91 Å². The first kappa shape index (κ1) is 23.7. The van der Waals surface area contributed by atoms with Crippen molar-refractivity contribution in [3.63, 3.8) is 0 Å². The van der Waals surface area contributed by atoms with Crippen LogP contribution in [0.2, 0.25) is 0 Å². The molecule has 0 heterocycles. The number of halogens is 1. The molecule has 1 aliphatic carbocycles. The number of carbonyl (C=O) groups is 1. The Hall–Kier alpha value is -1.36. The summed E-state index contributed by atoms with van der Waals surface area (Å²) in [5, 5.41) is 9.14. The van der Waals surface area contributed by atoms with Gasteiger partial charge >= 0.3 is 0 Å². The molecule has 27 heavy (non-hydrogen) atoms. The molecule has 0 aliphatic heterocycles. The van der Waals surface area contributed by atoms with Crippen LogP contribution in [0.3, 0.4) is 0 Å². The van der Waals surface area contributed by atoms with Crippen LogP contribution in [0, 0.1) is 5.92 Å². The van der Waals surface area contributed by atoms with Crippen molar-refractivity contribution in [1.82, 2.24) is 16.0 Å². The maximum atomic E-state index is 12.2. The lowest BCUT2D eigenvalue weighted by Crippen LogP contribution is -2.41. The summed E-state index contributed by atoms with van der Waals surface area (Å²) in [6.07, 6.45) is 2.44. The van der Waals surface area contributed by atoms with Gasteiger partial charge in [-0.15, -0.1) is 24.0 Å². The zero-order chi connectivity index (χ0) is 18.8. The van der Waals surface area contributed by atoms with Gasteiger partial charge in [-0.1, -0.05) is 18.2 Å². The van der Waals surface area contributed by atoms with Crippen LogP contribution in [-0.2, 0) is 14.6 Å². The van der Waals surface area contributed by atoms with E-state index >= 15 is 0 Å². The molecule has 0 bridgehead atoms. The summed E-state index contributed by atoms with van der Waals surface area (Å²) in [6, 6.07) is 8.46. The fourth-order valence-corrected chi connectivity index (χ4v) is 3.71. The summed E-state index contributed by atoms with van der Waals surface area (Å²) >= 11 is 0. The predicted molar refractivity (Wildman–Crippen MR) is 118 cm³/mol. The van der Waals surface area contributed by atoms with Gasteiger partial charge in [0.25, 0.3) is 0 Å². The molecule has 0 unspecified atom stereocenters. The second-order valence-electron chi connectivity index (χ2n) is 6.24. The lowest BCUT2D eigenvalue weighted by Gasteiger charge is -2.12. The first-order valence-corrected chi connectivity index (χ1v) is 10.8. The van der Waals surface area contributed by atoms with Crippen molar-refractivity contribution in [2.45, 2.75) is 31.1 Å². The molecule has 9 heteroatoms. The van der Waals surface area contributed by atoms with Gasteiger partial charge in [-0.05, 0) is 38.3 Å². The normalized spacial score (nSPS) is 14.2. The van der Waals surface area contributed by atoms with Gasteiger partial charge in [0.15, 0.2) is 15.8 Å².